The number of rotatable bonds is 1. The fourth-order valence-electron chi connectivity index (χ4n) is 2.96. The number of esters is 1. The lowest BCUT2D eigenvalue weighted by molar-refractivity contribution is -0.156. The van der Waals surface area contributed by atoms with Crippen molar-refractivity contribution in [3.8, 4) is 0 Å². The van der Waals surface area contributed by atoms with Crippen molar-refractivity contribution in [1.29, 1.82) is 0 Å². The number of ether oxygens (including phenoxy) is 1. The Morgan fingerprint density at radius 3 is 2.92 bits per heavy atom. The zero-order valence-corrected chi connectivity index (χ0v) is 8.34. The molecule has 0 aromatic carbocycles. The van der Waals surface area contributed by atoms with Crippen LogP contribution in [0.4, 0.5) is 0 Å². The first-order valence-corrected chi connectivity index (χ1v) is 5.49. The minimum absolute atomic E-state index is 0.0281. The van der Waals surface area contributed by atoms with Crippen molar-refractivity contribution in [3.05, 3.63) is 0 Å². The molecular weight excluding hydrogens is 164 g/mol. The number of carbonyl (C=O) groups excluding carboxylic acids is 1. The summed E-state index contributed by atoms with van der Waals surface area (Å²) in [6.45, 7) is 2.21. The maximum atomic E-state index is 11.2. The van der Waals surface area contributed by atoms with Crippen LogP contribution < -0.4 is 0 Å². The second-order valence-electron chi connectivity index (χ2n) is 4.39. The van der Waals surface area contributed by atoms with Crippen LogP contribution in [0.1, 0.15) is 51.9 Å². The highest BCUT2D eigenvalue weighted by molar-refractivity contribution is 5.72. The fourth-order valence-corrected chi connectivity index (χ4v) is 2.96. The highest BCUT2D eigenvalue weighted by Gasteiger charge is 2.46. The van der Waals surface area contributed by atoms with E-state index >= 15 is 0 Å². The third-order valence-electron chi connectivity index (χ3n) is 3.71. The number of hydrogen-bond donors (Lipinski definition) is 0. The van der Waals surface area contributed by atoms with E-state index in [2.05, 4.69) is 6.92 Å². The summed E-state index contributed by atoms with van der Waals surface area (Å²) in [4.78, 5) is 11.2. The van der Waals surface area contributed by atoms with Gasteiger partial charge in [0.1, 0.15) is 5.60 Å². The molecular formula is C11H18O2. The van der Waals surface area contributed by atoms with E-state index in [0.717, 1.165) is 19.3 Å². The Morgan fingerprint density at radius 1 is 1.46 bits per heavy atom. The van der Waals surface area contributed by atoms with Crippen LogP contribution in [0.15, 0.2) is 0 Å². The highest BCUT2D eigenvalue weighted by atomic mass is 16.6. The van der Waals surface area contributed by atoms with Crippen LogP contribution in [0.2, 0.25) is 0 Å². The summed E-state index contributed by atoms with van der Waals surface area (Å²) in [5.74, 6) is 0.660. The van der Waals surface area contributed by atoms with Crippen LogP contribution in [0.5, 0.6) is 0 Å². The van der Waals surface area contributed by atoms with E-state index in [9.17, 15) is 4.79 Å². The molecule has 2 aliphatic rings. The van der Waals surface area contributed by atoms with Crippen LogP contribution in [0.3, 0.4) is 0 Å². The van der Waals surface area contributed by atoms with Gasteiger partial charge in [0.05, 0.1) is 0 Å². The molecule has 0 aromatic rings. The topological polar surface area (TPSA) is 26.3 Å². The first-order chi connectivity index (χ1) is 6.27. The summed E-state index contributed by atoms with van der Waals surface area (Å²) in [6.07, 6.45) is 7.71. The SMILES string of the molecule is CCC1CCCCC12CCC(=O)O2. The molecule has 2 heteroatoms. The zero-order valence-electron chi connectivity index (χ0n) is 8.34. The average Bonchev–Trinajstić information content (AvgIpc) is 2.49. The molecule has 1 saturated carbocycles. The van der Waals surface area contributed by atoms with E-state index in [-0.39, 0.29) is 11.6 Å². The Hall–Kier alpha value is -0.530. The molecule has 2 atom stereocenters. The van der Waals surface area contributed by atoms with Gasteiger partial charge in [-0.2, -0.15) is 0 Å². The molecule has 0 bridgehead atoms. The Morgan fingerprint density at radius 2 is 2.31 bits per heavy atom. The summed E-state index contributed by atoms with van der Waals surface area (Å²) >= 11 is 0. The first-order valence-electron chi connectivity index (χ1n) is 5.49. The average molecular weight is 182 g/mol. The van der Waals surface area contributed by atoms with Crippen molar-refractivity contribution < 1.29 is 9.53 Å². The summed E-state index contributed by atoms with van der Waals surface area (Å²) in [6, 6.07) is 0. The van der Waals surface area contributed by atoms with Crippen LogP contribution in [0.25, 0.3) is 0 Å². The summed E-state index contributed by atoms with van der Waals surface area (Å²) in [5.41, 5.74) is -0.0376. The lowest BCUT2D eigenvalue weighted by atomic mass is 9.73. The van der Waals surface area contributed by atoms with Crippen molar-refractivity contribution in [3.63, 3.8) is 0 Å². The Labute approximate surface area is 79.7 Å². The molecule has 1 saturated heterocycles. The van der Waals surface area contributed by atoms with Crippen molar-refractivity contribution in [1.82, 2.24) is 0 Å². The second kappa shape index (κ2) is 3.32. The summed E-state index contributed by atoms with van der Waals surface area (Å²) in [7, 11) is 0. The molecule has 2 unspecified atom stereocenters. The molecule has 0 aromatic heterocycles. The van der Waals surface area contributed by atoms with Crippen LogP contribution in [-0.2, 0) is 9.53 Å². The van der Waals surface area contributed by atoms with Gasteiger partial charge in [0.25, 0.3) is 0 Å². The molecule has 2 rings (SSSR count). The summed E-state index contributed by atoms with van der Waals surface area (Å²) < 4.78 is 5.55. The lowest BCUT2D eigenvalue weighted by Gasteiger charge is -2.39. The van der Waals surface area contributed by atoms with E-state index in [1.165, 1.54) is 19.3 Å². The fraction of sp³-hybridized carbons (Fsp3) is 0.909. The third kappa shape index (κ3) is 1.47. The molecule has 1 aliphatic carbocycles. The predicted octanol–water partition coefficient (Wildman–Crippen LogP) is 2.66. The molecule has 2 fully saturated rings. The van der Waals surface area contributed by atoms with Crippen molar-refractivity contribution >= 4 is 5.97 Å². The Bertz CT molecular complexity index is 212. The molecule has 1 spiro atoms. The molecule has 0 amide bonds. The number of carbonyl (C=O) groups is 1. The largest absolute Gasteiger partial charge is 0.459 e. The molecule has 1 aliphatic heterocycles. The van der Waals surface area contributed by atoms with E-state index in [4.69, 9.17) is 4.74 Å². The van der Waals surface area contributed by atoms with Gasteiger partial charge in [0.15, 0.2) is 0 Å². The normalized spacial score (nSPS) is 39.5. The predicted molar refractivity (Wildman–Crippen MR) is 50.3 cm³/mol. The minimum atomic E-state index is -0.0376. The number of hydrogen-bond acceptors (Lipinski definition) is 2. The Kier molecular flexibility index (Phi) is 2.31. The van der Waals surface area contributed by atoms with Gasteiger partial charge in [-0.05, 0) is 38.0 Å². The maximum Gasteiger partial charge on any atom is 0.306 e. The van der Waals surface area contributed by atoms with Gasteiger partial charge in [-0.25, -0.2) is 0 Å². The maximum absolute atomic E-state index is 11.2. The molecule has 0 N–H and O–H groups in total. The van der Waals surface area contributed by atoms with Crippen molar-refractivity contribution in [2.45, 2.75) is 57.5 Å². The Balaban J connectivity index is 2.13. The third-order valence-corrected chi connectivity index (χ3v) is 3.71. The highest BCUT2D eigenvalue weighted by Crippen LogP contribution is 2.45. The zero-order chi connectivity index (χ0) is 9.31. The molecule has 2 nitrogen and oxygen atoms in total. The van der Waals surface area contributed by atoms with Crippen LogP contribution in [0, 0.1) is 5.92 Å². The lowest BCUT2D eigenvalue weighted by Crippen LogP contribution is -2.40. The van der Waals surface area contributed by atoms with Gasteiger partial charge in [-0.1, -0.05) is 13.3 Å². The van der Waals surface area contributed by atoms with Gasteiger partial charge < -0.3 is 4.74 Å². The van der Waals surface area contributed by atoms with Gasteiger partial charge in [0.2, 0.25) is 0 Å². The standard InChI is InChI=1S/C11H18O2/c1-2-9-5-3-4-7-11(9)8-6-10(12)13-11/h9H,2-8H2,1H3. The summed E-state index contributed by atoms with van der Waals surface area (Å²) in [5, 5.41) is 0. The molecule has 0 radical (unpaired) electrons. The van der Waals surface area contributed by atoms with Gasteiger partial charge in [-0.3, -0.25) is 4.79 Å². The van der Waals surface area contributed by atoms with E-state index in [0.29, 0.717) is 12.3 Å². The molecule has 74 valence electrons. The smallest absolute Gasteiger partial charge is 0.306 e. The monoisotopic (exact) mass is 182 g/mol. The molecule has 1 heterocycles. The van der Waals surface area contributed by atoms with E-state index in [1.807, 2.05) is 0 Å². The van der Waals surface area contributed by atoms with Crippen molar-refractivity contribution in [2.75, 3.05) is 0 Å². The van der Waals surface area contributed by atoms with Gasteiger partial charge in [0, 0.05) is 6.42 Å². The van der Waals surface area contributed by atoms with Crippen molar-refractivity contribution in [2.24, 2.45) is 5.92 Å². The quantitative estimate of drug-likeness (QED) is 0.583. The van der Waals surface area contributed by atoms with E-state index < -0.39 is 0 Å². The van der Waals surface area contributed by atoms with Gasteiger partial charge >= 0.3 is 5.97 Å². The van der Waals surface area contributed by atoms with Crippen LogP contribution >= 0.6 is 0 Å². The first kappa shape index (κ1) is 9.04. The second-order valence-corrected chi connectivity index (χ2v) is 4.39. The molecule has 13 heavy (non-hydrogen) atoms. The van der Waals surface area contributed by atoms with Gasteiger partial charge in [-0.15, -0.1) is 0 Å². The van der Waals surface area contributed by atoms with Crippen LogP contribution in [-0.4, -0.2) is 11.6 Å². The van der Waals surface area contributed by atoms with E-state index in [1.54, 1.807) is 0 Å². The minimum Gasteiger partial charge on any atom is -0.459 e.